The molecule has 1 N–H and O–H groups in total. The lowest BCUT2D eigenvalue weighted by molar-refractivity contribution is -0.130. The molecule has 0 bridgehead atoms. The third-order valence-corrected chi connectivity index (χ3v) is 7.65. The largest absolute Gasteiger partial charge is 0.351 e. The third kappa shape index (κ3) is 5.44. The van der Waals surface area contributed by atoms with Gasteiger partial charge in [-0.15, -0.1) is 0 Å². The van der Waals surface area contributed by atoms with Gasteiger partial charge in [0.1, 0.15) is 0 Å². The van der Waals surface area contributed by atoms with Gasteiger partial charge in [0.2, 0.25) is 5.91 Å². The molecule has 0 radical (unpaired) electrons. The lowest BCUT2D eigenvalue weighted by atomic mass is 9.88. The minimum atomic E-state index is 0.130. The number of nitrogens with zero attached hydrogens (tertiary/aromatic N) is 4. The molecule has 1 aromatic carbocycles. The summed E-state index contributed by atoms with van der Waals surface area (Å²) in [5.74, 6) is 0.511. The van der Waals surface area contributed by atoms with Crippen LogP contribution in [0.1, 0.15) is 49.9 Å². The van der Waals surface area contributed by atoms with Crippen LogP contribution in [-0.4, -0.2) is 58.8 Å². The summed E-state index contributed by atoms with van der Waals surface area (Å²) in [5.41, 5.74) is 8.30. The second-order valence-corrected chi connectivity index (χ2v) is 10.5. The smallest absolute Gasteiger partial charge is 0.219 e. The Labute approximate surface area is 225 Å². The number of piperidine rings is 1. The van der Waals surface area contributed by atoms with Crippen molar-refractivity contribution in [3.8, 4) is 11.3 Å². The number of likely N-dealkylation sites (N-methyl/N-ethyl adjacent to an activating group) is 1. The lowest BCUT2D eigenvalue weighted by Crippen LogP contribution is -2.37. The number of pyridine rings is 1. The van der Waals surface area contributed by atoms with Crippen LogP contribution in [0.3, 0.4) is 0 Å². The summed E-state index contributed by atoms with van der Waals surface area (Å²) in [6.07, 6.45) is 12.7. The van der Waals surface area contributed by atoms with E-state index in [-0.39, 0.29) is 11.9 Å². The molecule has 3 aliphatic rings. The zero-order valence-corrected chi connectivity index (χ0v) is 22.4. The summed E-state index contributed by atoms with van der Waals surface area (Å²) in [6, 6.07) is 12.7. The van der Waals surface area contributed by atoms with Crippen LogP contribution in [0.4, 0.5) is 0 Å². The molecule has 1 fully saturated rings. The van der Waals surface area contributed by atoms with Crippen LogP contribution in [0.5, 0.6) is 0 Å². The molecule has 5 rings (SSSR count). The molecule has 0 aliphatic carbocycles. The van der Waals surface area contributed by atoms with Crippen molar-refractivity contribution < 1.29 is 4.79 Å². The minimum absolute atomic E-state index is 0.130. The number of rotatable bonds is 6. The fourth-order valence-corrected chi connectivity index (χ4v) is 5.29. The van der Waals surface area contributed by atoms with Gasteiger partial charge in [-0.2, -0.15) is 0 Å². The molecule has 0 spiro atoms. The summed E-state index contributed by atoms with van der Waals surface area (Å²) in [6.45, 7) is 9.27. The Morgan fingerprint density at radius 3 is 2.55 bits per heavy atom. The van der Waals surface area contributed by atoms with Crippen molar-refractivity contribution in [2.45, 2.75) is 39.2 Å². The van der Waals surface area contributed by atoms with Gasteiger partial charge in [-0.1, -0.05) is 36.9 Å². The van der Waals surface area contributed by atoms with E-state index in [1.54, 1.807) is 6.92 Å². The van der Waals surface area contributed by atoms with Gasteiger partial charge in [-0.25, -0.2) is 4.98 Å². The summed E-state index contributed by atoms with van der Waals surface area (Å²) < 4.78 is 0. The van der Waals surface area contributed by atoms with Crippen molar-refractivity contribution in [3.05, 3.63) is 89.9 Å². The fourth-order valence-electron chi connectivity index (χ4n) is 5.29. The number of nitrogens with one attached hydrogen (secondary N) is 1. The highest BCUT2D eigenvalue weighted by Crippen LogP contribution is 2.31. The minimum Gasteiger partial charge on any atom is -0.351 e. The normalized spacial score (nSPS) is 19.6. The van der Waals surface area contributed by atoms with Crippen molar-refractivity contribution in [3.63, 3.8) is 0 Å². The van der Waals surface area contributed by atoms with Crippen LogP contribution in [0.15, 0.2) is 78.1 Å². The number of benzene rings is 1. The monoisotopic (exact) mass is 505 g/mol. The van der Waals surface area contributed by atoms with Gasteiger partial charge in [-0.05, 0) is 73.1 Å². The zero-order valence-electron chi connectivity index (χ0n) is 22.4. The van der Waals surface area contributed by atoms with Gasteiger partial charge in [0.15, 0.2) is 0 Å². The standard InChI is InChI=1S/C32H35N5O/c1-21-16-28(19-34-21)29-10-11-31(26-7-5-6-25(18-26)27-9-8-22(2)36(4)20-27)35-32(29)30(33)17-24-12-14-37(15-13-24)23(3)38/h5-11,16,18-21,24,33H,2,12-15,17H2,1,3-4H3. The van der Waals surface area contributed by atoms with E-state index in [1.807, 2.05) is 35.2 Å². The molecule has 6 nitrogen and oxygen atoms in total. The molecule has 38 heavy (non-hydrogen) atoms. The van der Waals surface area contributed by atoms with Gasteiger partial charge in [-0.3, -0.25) is 9.79 Å². The molecule has 0 saturated carbocycles. The number of aromatic nitrogens is 1. The lowest BCUT2D eigenvalue weighted by Gasteiger charge is -2.31. The van der Waals surface area contributed by atoms with Gasteiger partial charge in [0.05, 0.1) is 23.1 Å². The molecule has 194 valence electrons. The van der Waals surface area contributed by atoms with Crippen LogP contribution < -0.4 is 0 Å². The van der Waals surface area contributed by atoms with Crippen LogP contribution in [-0.2, 0) is 4.79 Å². The highest BCUT2D eigenvalue weighted by molar-refractivity contribution is 6.16. The van der Waals surface area contributed by atoms with Gasteiger partial charge >= 0.3 is 0 Å². The molecule has 6 heteroatoms. The molecule has 4 heterocycles. The average molecular weight is 506 g/mol. The number of aliphatic imine (C=N–C) groups is 1. The summed E-state index contributed by atoms with van der Waals surface area (Å²) in [7, 11) is 2.00. The Morgan fingerprint density at radius 1 is 1.11 bits per heavy atom. The van der Waals surface area contributed by atoms with Crippen molar-refractivity contribution >= 4 is 29.0 Å². The molecule has 1 amide bonds. The Balaban J connectivity index is 1.45. The van der Waals surface area contributed by atoms with Crippen LogP contribution in [0.2, 0.25) is 0 Å². The number of carbonyl (C=O) groups excluding carboxylic acids is 1. The Kier molecular flexibility index (Phi) is 7.23. The molecule has 1 atom stereocenters. The molecule has 2 aromatic rings. The Morgan fingerprint density at radius 2 is 1.87 bits per heavy atom. The van der Waals surface area contributed by atoms with Crippen LogP contribution in [0.25, 0.3) is 22.4 Å². The Bertz CT molecular complexity index is 1400. The first kappa shape index (κ1) is 25.6. The zero-order chi connectivity index (χ0) is 26.8. The second-order valence-electron chi connectivity index (χ2n) is 10.5. The maximum absolute atomic E-state index is 11.7. The summed E-state index contributed by atoms with van der Waals surface area (Å²) >= 11 is 0. The molecule has 1 saturated heterocycles. The topological polar surface area (TPSA) is 72.6 Å². The second kappa shape index (κ2) is 10.7. The van der Waals surface area contributed by atoms with Crippen molar-refractivity contribution in [2.24, 2.45) is 10.9 Å². The van der Waals surface area contributed by atoms with E-state index in [4.69, 9.17) is 10.4 Å². The first-order valence-corrected chi connectivity index (χ1v) is 13.3. The molecule has 1 aromatic heterocycles. The van der Waals surface area contributed by atoms with E-state index in [9.17, 15) is 4.79 Å². The number of hydrogen-bond donors (Lipinski definition) is 1. The molecular formula is C32H35N5O. The van der Waals surface area contributed by atoms with Crippen molar-refractivity contribution in [2.75, 3.05) is 20.1 Å². The van der Waals surface area contributed by atoms with Crippen LogP contribution in [0, 0.1) is 11.3 Å². The van der Waals surface area contributed by atoms with Gasteiger partial charge < -0.3 is 15.2 Å². The first-order chi connectivity index (χ1) is 18.3. The fraction of sp³-hybridized carbons (Fsp3) is 0.312. The van der Waals surface area contributed by atoms with E-state index in [2.05, 4.69) is 67.2 Å². The SMILES string of the molecule is C=C1C=CC(c2cccc(-c3ccc(C4=CC(C)N=C4)c(C(=N)CC4CCN(C(C)=O)CC4)n3)c2)=CN1C. The van der Waals surface area contributed by atoms with Crippen LogP contribution >= 0.6 is 0 Å². The van der Waals surface area contributed by atoms with E-state index < -0.39 is 0 Å². The van der Waals surface area contributed by atoms with Gasteiger partial charge in [0, 0.05) is 56.3 Å². The highest BCUT2D eigenvalue weighted by Gasteiger charge is 2.24. The molecule has 1 unspecified atom stereocenters. The number of carbonyl (C=O) groups is 1. The number of amides is 1. The average Bonchev–Trinajstić information content (AvgIpc) is 3.36. The maximum atomic E-state index is 11.7. The predicted molar refractivity (Wildman–Crippen MR) is 156 cm³/mol. The maximum Gasteiger partial charge on any atom is 0.219 e. The van der Waals surface area contributed by atoms with Gasteiger partial charge in [0.25, 0.3) is 0 Å². The summed E-state index contributed by atoms with van der Waals surface area (Å²) in [5, 5.41) is 9.11. The highest BCUT2D eigenvalue weighted by atomic mass is 16.2. The predicted octanol–water partition coefficient (Wildman–Crippen LogP) is 5.98. The molecule has 3 aliphatic heterocycles. The molecular weight excluding hydrogens is 470 g/mol. The summed E-state index contributed by atoms with van der Waals surface area (Å²) in [4.78, 5) is 25.3. The first-order valence-electron chi connectivity index (χ1n) is 13.3. The van der Waals surface area contributed by atoms with E-state index >= 15 is 0 Å². The number of hydrogen-bond acceptors (Lipinski definition) is 5. The number of allylic oxidation sites excluding steroid dienone is 4. The number of likely N-dealkylation sites (tertiary alicyclic amines) is 1. The quantitative estimate of drug-likeness (QED) is 0.491. The third-order valence-electron chi connectivity index (χ3n) is 7.65. The van der Waals surface area contributed by atoms with E-state index in [0.29, 0.717) is 18.1 Å². The van der Waals surface area contributed by atoms with Crippen molar-refractivity contribution in [1.82, 2.24) is 14.8 Å². The van der Waals surface area contributed by atoms with Crippen molar-refractivity contribution in [1.29, 1.82) is 5.41 Å². The van der Waals surface area contributed by atoms with E-state index in [0.717, 1.165) is 70.9 Å². The van der Waals surface area contributed by atoms with E-state index in [1.165, 1.54) is 0 Å². The Hall–Kier alpha value is -4.06.